The minimum Gasteiger partial charge on any atom is -0.743 e. The average molecular weight is 328 g/mol. The molecule has 7 unspecified atom stereocenters. The number of halogens is 2. The third-order valence-corrected chi connectivity index (χ3v) is 7.64. The third-order valence-electron chi connectivity index (χ3n) is 6.74. The van der Waals surface area contributed by atoms with Crippen LogP contribution in [0.4, 0.5) is 8.78 Å². The van der Waals surface area contributed by atoms with Gasteiger partial charge < -0.3 is 4.55 Å². The first-order valence-electron chi connectivity index (χ1n) is 7.61. The molecule has 7 atom stereocenters. The summed E-state index contributed by atoms with van der Waals surface area (Å²) in [6.07, 6.45) is 4.72. The van der Waals surface area contributed by atoms with E-state index in [0.29, 0.717) is 30.1 Å². The monoisotopic (exact) mass is 328 g/mol. The van der Waals surface area contributed by atoms with Crippen molar-refractivity contribution < 1.29 is 51.3 Å². The van der Waals surface area contributed by atoms with Crippen molar-refractivity contribution in [1.82, 2.24) is 0 Å². The van der Waals surface area contributed by atoms with E-state index in [9.17, 15) is 21.8 Å². The standard InChI is InChI=1S/C14H20F2O3S.Na/c15-14(16,20(17,18)19)6-10-4-9-5-11(10)13-8-2-1-7(3-8)12(9)13;/h7-13H,1-6H2,(H,17,18,19);/q;+1/p-1. The summed E-state index contributed by atoms with van der Waals surface area (Å²) in [5.41, 5.74) is 0. The van der Waals surface area contributed by atoms with E-state index in [1.807, 2.05) is 0 Å². The summed E-state index contributed by atoms with van der Waals surface area (Å²) in [6.45, 7) is 0. The Labute approximate surface area is 146 Å². The Morgan fingerprint density at radius 2 is 1.62 bits per heavy atom. The SMILES string of the molecule is O=S(=O)([O-])C(F)(F)CC1CC2CC1C1C3CCC(C3)C21.[Na+]. The zero-order chi connectivity index (χ0) is 14.3. The largest absolute Gasteiger partial charge is 1.00 e. The van der Waals surface area contributed by atoms with E-state index in [4.69, 9.17) is 0 Å². The molecule has 4 rings (SSSR count). The molecule has 0 aromatic rings. The number of hydrogen-bond acceptors (Lipinski definition) is 3. The predicted molar refractivity (Wildman–Crippen MR) is 66.8 cm³/mol. The quantitative estimate of drug-likeness (QED) is 0.411. The Balaban J connectivity index is 0.00000132. The Morgan fingerprint density at radius 1 is 1.00 bits per heavy atom. The van der Waals surface area contributed by atoms with Crippen LogP contribution >= 0.6 is 0 Å². The first-order chi connectivity index (χ1) is 9.28. The zero-order valence-electron chi connectivity index (χ0n) is 12.2. The number of fused-ring (bicyclic) bond motifs is 9. The van der Waals surface area contributed by atoms with E-state index >= 15 is 0 Å². The third kappa shape index (κ3) is 2.35. The van der Waals surface area contributed by atoms with Gasteiger partial charge in [-0.05, 0) is 73.5 Å². The molecular formula is C14H19F2NaO3S. The summed E-state index contributed by atoms with van der Waals surface area (Å²) < 4.78 is 59.2. The van der Waals surface area contributed by atoms with E-state index in [2.05, 4.69) is 0 Å². The fourth-order valence-electron chi connectivity index (χ4n) is 6.34. The van der Waals surface area contributed by atoms with Crippen molar-refractivity contribution in [3.63, 3.8) is 0 Å². The van der Waals surface area contributed by atoms with Gasteiger partial charge in [0.1, 0.15) is 0 Å². The summed E-state index contributed by atoms with van der Waals surface area (Å²) in [5.74, 6) is 3.22. The molecule has 0 aromatic heterocycles. The summed E-state index contributed by atoms with van der Waals surface area (Å²) in [5, 5.41) is -4.09. The van der Waals surface area contributed by atoms with Crippen molar-refractivity contribution in [3.05, 3.63) is 0 Å². The molecule has 21 heavy (non-hydrogen) atoms. The molecule has 0 spiro atoms. The first-order valence-corrected chi connectivity index (χ1v) is 9.02. The second-order valence-corrected chi connectivity index (χ2v) is 8.94. The Hall–Kier alpha value is 0.770. The van der Waals surface area contributed by atoms with Crippen LogP contribution in [0.1, 0.15) is 38.5 Å². The van der Waals surface area contributed by atoms with Gasteiger partial charge >= 0.3 is 34.8 Å². The van der Waals surface area contributed by atoms with Gasteiger partial charge in [-0.3, -0.25) is 0 Å². The maximum atomic E-state index is 13.5. The minimum atomic E-state index is -5.52. The first kappa shape index (κ1) is 16.6. The molecule has 4 aliphatic rings. The molecule has 0 amide bonds. The summed E-state index contributed by atoms with van der Waals surface area (Å²) >= 11 is 0. The summed E-state index contributed by atoms with van der Waals surface area (Å²) in [7, 11) is -5.52. The maximum absolute atomic E-state index is 13.5. The van der Waals surface area contributed by atoms with E-state index in [1.54, 1.807) is 0 Å². The Bertz CT molecular complexity index is 538. The van der Waals surface area contributed by atoms with Crippen molar-refractivity contribution in [3.8, 4) is 0 Å². The summed E-state index contributed by atoms with van der Waals surface area (Å²) in [6, 6.07) is 0. The van der Waals surface area contributed by atoms with Crippen LogP contribution < -0.4 is 29.6 Å². The molecule has 3 nitrogen and oxygen atoms in total. The topological polar surface area (TPSA) is 57.2 Å². The number of hydrogen-bond donors (Lipinski definition) is 0. The molecule has 0 heterocycles. The normalized spacial score (nSPS) is 47.5. The molecule has 4 saturated carbocycles. The Kier molecular flexibility index (Phi) is 4.06. The van der Waals surface area contributed by atoms with Crippen LogP contribution in [-0.2, 0) is 10.1 Å². The van der Waals surface area contributed by atoms with Crippen LogP contribution in [0.25, 0.3) is 0 Å². The van der Waals surface area contributed by atoms with Crippen molar-refractivity contribution >= 4 is 10.1 Å². The second-order valence-electron chi connectivity index (χ2n) is 7.44. The van der Waals surface area contributed by atoms with Crippen LogP contribution in [0.2, 0.25) is 0 Å². The van der Waals surface area contributed by atoms with Gasteiger partial charge in [-0.2, -0.15) is 8.78 Å². The molecule has 7 heteroatoms. The van der Waals surface area contributed by atoms with Crippen molar-refractivity contribution in [2.75, 3.05) is 0 Å². The van der Waals surface area contributed by atoms with Gasteiger partial charge in [-0.15, -0.1) is 0 Å². The molecule has 0 aliphatic heterocycles. The maximum Gasteiger partial charge on any atom is 1.00 e. The molecule has 0 N–H and O–H groups in total. The number of alkyl halides is 2. The molecule has 0 radical (unpaired) electrons. The molecule has 114 valence electrons. The smallest absolute Gasteiger partial charge is 0.743 e. The zero-order valence-corrected chi connectivity index (χ0v) is 15.0. The molecule has 4 fully saturated rings. The van der Waals surface area contributed by atoms with Crippen molar-refractivity contribution in [2.45, 2.75) is 43.8 Å². The van der Waals surface area contributed by atoms with Gasteiger partial charge in [0.05, 0.1) is 0 Å². The average Bonchev–Trinajstić information content (AvgIpc) is 3.04. The molecule has 4 bridgehead atoms. The van der Waals surface area contributed by atoms with Gasteiger partial charge in [-0.1, -0.05) is 0 Å². The predicted octanol–water partition coefficient (Wildman–Crippen LogP) is -0.163. The fraction of sp³-hybridized carbons (Fsp3) is 1.00. The van der Waals surface area contributed by atoms with Crippen LogP contribution in [-0.4, -0.2) is 18.2 Å². The fourth-order valence-corrected chi connectivity index (χ4v) is 6.76. The molecular weight excluding hydrogens is 309 g/mol. The van der Waals surface area contributed by atoms with E-state index in [0.717, 1.165) is 12.3 Å². The van der Waals surface area contributed by atoms with Gasteiger partial charge in [0.25, 0.3) is 0 Å². The van der Waals surface area contributed by atoms with E-state index < -0.39 is 21.8 Å². The molecule has 4 aliphatic carbocycles. The van der Waals surface area contributed by atoms with Crippen LogP contribution in [0.3, 0.4) is 0 Å². The van der Waals surface area contributed by atoms with Crippen LogP contribution in [0.15, 0.2) is 0 Å². The van der Waals surface area contributed by atoms with Crippen molar-refractivity contribution in [1.29, 1.82) is 0 Å². The van der Waals surface area contributed by atoms with Crippen molar-refractivity contribution in [2.24, 2.45) is 41.4 Å². The second kappa shape index (κ2) is 5.13. The Morgan fingerprint density at radius 3 is 2.24 bits per heavy atom. The van der Waals surface area contributed by atoms with Crippen LogP contribution in [0.5, 0.6) is 0 Å². The van der Waals surface area contributed by atoms with Gasteiger partial charge in [0, 0.05) is 6.42 Å². The van der Waals surface area contributed by atoms with Gasteiger partial charge in [-0.25, -0.2) is 8.42 Å². The van der Waals surface area contributed by atoms with Gasteiger partial charge in [0.2, 0.25) is 0 Å². The minimum absolute atomic E-state index is 0. The van der Waals surface area contributed by atoms with E-state index in [-0.39, 0.29) is 41.4 Å². The summed E-state index contributed by atoms with van der Waals surface area (Å²) in [4.78, 5) is 0. The van der Waals surface area contributed by atoms with Crippen LogP contribution in [0, 0.1) is 41.4 Å². The van der Waals surface area contributed by atoms with Gasteiger partial charge in [0.15, 0.2) is 10.1 Å². The van der Waals surface area contributed by atoms with E-state index in [1.165, 1.54) is 19.3 Å². The molecule has 0 aromatic carbocycles. The molecule has 0 saturated heterocycles. The number of rotatable bonds is 3.